The van der Waals surface area contributed by atoms with Crippen LogP contribution in [-0.4, -0.2) is 34.1 Å². The number of aryl methyl sites for hydroxylation is 1. The third-order valence-electron chi connectivity index (χ3n) is 2.63. The summed E-state index contributed by atoms with van der Waals surface area (Å²) in [5.41, 5.74) is -0.670. The Morgan fingerprint density at radius 1 is 1.41 bits per heavy atom. The first kappa shape index (κ1) is 17.4. The zero-order valence-electron chi connectivity index (χ0n) is 11.2. The third-order valence-corrected chi connectivity index (χ3v) is 2.63. The second-order valence-electron chi connectivity index (χ2n) is 4.46. The van der Waals surface area contributed by atoms with Gasteiger partial charge in [-0.15, -0.1) is 0 Å². The van der Waals surface area contributed by atoms with Crippen LogP contribution in [0.15, 0.2) is 18.2 Å². The van der Waals surface area contributed by atoms with Gasteiger partial charge in [0.1, 0.15) is 11.6 Å². The molecule has 1 unspecified atom stereocenters. The zero-order valence-corrected chi connectivity index (χ0v) is 11.2. The molecular formula is C12H11F3N2O5. The molecule has 1 atom stereocenters. The molecule has 22 heavy (non-hydrogen) atoms. The molecule has 1 amide bonds. The van der Waals surface area contributed by atoms with Gasteiger partial charge in [0, 0.05) is 6.07 Å². The molecular weight excluding hydrogens is 309 g/mol. The first-order chi connectivity index (χ1) is 10.0. The molecule has 2 N–H and O–H groups in total. The second kappa shape index (κ2) is 6.41. The molecule has 1 aromatic carbocycles. The van der Waals surface area contributed by atoms with E-state index in [4.69, 9.17) is 5.11 Å². The van der Waals surface area contributed by atoms with E-state index in [2.05, 4.69) is 0 Å². The number of carbonyl (C=O) groups excluding carboxylic acids is 1. The Balaban J connectivity index is 3.07. The molecule has 0 heterocycles. The van der Waals surface area contributed by atoms with Crippen LogP contribution in [0, 0.1) is 17.0 Å². The van der Waals surface area contributed by atoms with Gasteiger partial charge in [-0.05, 0) is 18.6 Å². The van der Waals surface area contributed by atoms with Crippen LogP contribution in [-0.2, 0) is 4.79 Å². The number of nitrogens with zero attached hydrogens (tertiary/aromatic N) is 1. The predicted molar refractivity (Wildman–Crippen MR) is 67.4 cm³/mol. The van der Waals surface area contributed by atoms with Crippen molar-refractivity contribution in [2.45, 2.75) is 25.6 Å². The minimum atomic E-state index is -4.81. The van der Waals surface area contributed by atoms with Gasteiger partial charge in [-0.25, -0.2) is 4.79 Å². The number of nitrogens with one attached hydrogen (secondary N) is 1. The molecule has 0 aromatic heterocycles. The molecule has 10 heteroatoms. The molecule has 0 aliphatic carbocycles. The number of nitro groups is 1. The molecule has 0 aliphatic heterocycles. The van der Waals surface area contributed by atoms with Crippen LogP contribution in [0.1, 0.15) is 22.3 Å². The van der Waals surface area contributed by atoms with Crippen molar-refractivity contribution in [1.82, 2.24) is 5.32 Å². The summed E-state index contributed by atoms with van der Waals surface area (Å²) in [6, 6.07) is 1.23. The maximum Gasteiger partial charge on any atom is 0.391 e. The topological polar surface area (TPSA) is 110 Å². The van der Waals surface area contributed by atoms with Gasteiger partial charge in [0.2, 0.25) is 0 Å². The summed E-state index contributed by atoms with van der Waals surface area (Å²) < 4.78 is 36.8. The van der Waals surface area contributed by atoms with E-state index in [1.807, 2.05) is 0 Å². The van der Waals surface area contributed by atoms with E-state index in [0.717, 1.165) is 12.1 Å². The Kier molecular flexibility index (Phi) is 5.07. The lowest BCUT2D eigenvalue weighted by Crippen LogP contribution is -2.43. The van der Waals surface area contributed by atoms with Gasteiger partial charge in [-0.3, -0.25) is 14.9 Å². The number of hydrogen-bond donors (Lipinski definition) is 2. The van der Waals surface area contributed by atoms with E-state index >= 15 is 0 Å². The SMILES string of the molecule is Cc1ccc([N+](=O)[O-])c(C(=O)NC(CC(F)(F)F)C(=O)O)c1. The summed E-state index contributed by atoms with van der Waals surface area (Å²) in [6.07, 6.45) is -6.59. The third kappa shape index (κ3) is 4.72. The lowest BCUT2D eigenvalue weighted by molar-refractivity contribution is -0.385. The fraction of sp³-hybridized carbons (Fsp3) is 0.333. The van der Waals surface area contributed by atoms with Crippen molar-refractivity contribution in [3.8, 4) is 0 Å². The van der Waals surface area contributed by atoms with E-state index < -0.39 is 46.7 Å². The molecule has 1 rings (SSSR count). The van der Waals surface area contributed by atoms with Crippen molar-refractivity contribution in [3.63, 3.8) is 0 Å². The number of hydrogen-bond acceptors (Lipinski definition) is 4. The zero-order chi connectivity index (χ0) is 17.1. The van der Waals surface area contributed by atoms with Crippen molar-refractivity contribution >= 4 is 17.6 Å². The Bertz CT molecular complexity index is 615. The van der Waals surface area contributed by atoms with E-state index in [9.17, 15) is 32.9 Å². The summed E-state index contributed by atoms with van der Waals surface area (Å²) in [4.78, 5) is 32.6. The van der Waals surface area contributed by atoms with Crippen molar-refractivity contribution in [3.05, 3.63) is 39.4 Å². The number of carboxylic acid groups (broad SMARTS) is 1. The van der Waals surface area contributed by atoms with Gasteiger partial charge in [-0.1, -0.05) is 6.07 Å². The van der Waals surface area contributed by atoms with Crippen LogP contribution in [0.3, 0.4) is 0 Å². The van der Waals surface area contributed by atoms with E-state index in [-0.39, 0.29) is 0 Å². The molecule has 0 bridgehead atoms. The minimum absolute atomic E-state index is 0.457. The van der Waals surface area contributed by atoms with E-state index in [1.165, 1.54) is 13.0 Å². The van der Waals surface area contributed by atoms with Gasteiger partial charge in [-0.2, -0.15) is 13.2 Å². The number of benzene rings is 1. The Labute approximate surface area is 121 Å². The predicted octanol–water partition coefficient (Wildman–Crippen LogP) is 2.04. The molecule has 0 fully saturated rings. The number of amides is 1. The van der Waals surface area contributed by atoms with E-state index in [1.54, 1.807) is 5.32 Å². The lowest BCUT2D eigenvalue weighted by atomic mass is 10.1. The highest BCUT2D eigenvalue weighted by molar-refractivity contribution is 6.00. The lowest BCUT2D eigenvalue weighted by Gasteiger charge is -2.16. The van der Waals surface area contributed by atoms with Crippen molar-refractivity contribution in [2.24, 2.45) is 0 Å². The second-order valence-corrected chi connectivity index (χ2v) is 4.46. The van der Waals surface area contributed by atoms with Gasteiger partial charge >= 0.3 is 12.1 Å². The summed E-state index contributed by atoms with van der Waals surface area (Å²) in [5, 5.41) is 21.2. The average molecular weight is 320 g/mol. The Morgan fingerprint density at radius 2 is 2.00 bits per heavy atom. The van der Waals surface area contributed by atoms with Crippen molar-refractivity contribution in [2.75, 3.05) is 0 Å². The van der Waals surface area contributed by atoms with Crippen LogP contribution >= 0.6 is 0 Å². The molecule has 0 radical (unpaired) electrons. The number of nitro benzene ring substituents is 1. The van der Waals surface area contributed by atoms with E-state index in [0.29, 0.717) is 5.56 Å². The molecule has 0 saturated heterocycles. The van der Waals surface area contributed by atoms with Crippen LogP contribution in [0.5, 0.6) is 0 Å². The first-order valence-corrected chi connectivity index (χ1v) is 5.86. The molecule has 7 nitrogen and oxygen atoms in total. The molecule has 0 aliphatic rings. The Morgan fingerprint density at radius 3 is 2.45 bits per heavy atom. The summed E-state index contributed by atoms with van der Waals surface area (Å²) in [7, 11) is 0. The standard InChI is InChI=1S/C12H11F3N2O5/c1-6-2-3-9(17(21)22)7(4-6)10(18)16-8(11(19)20)5-12(13,14)15/h2-4,8H,5H2,1H3,(H,16,18)(H,19,20). The quantitative estimate of drug-likeness (QED) is 0.637. The average Bonchev–Trinajstić information content (AvgIpc) is 2.35. The fourth-order valence-corrected chi connectivity index (χ4v) is 1.66. The normalized spacial score (nSPS) is 12.5. The van der Waals surface area contributed by atoms with Crippen LogP contribution in [0.2, 0.25) is 0 Å². The van der Waals surface area contributed by atoms with Crippen molar-refractivity contribution in [1.29, 1.82) is 0 Å². The first-order valence-electron chi connectivity index (χ1n) is 5.86. The summed E-state index contributed by atoms with van der Waals surface area (Å²) in [5.74, 6) is -3.15. The maximum absolute atomic E-state index is 12.3. The number of aliphatic carboxylic acids is 1. The minimum Gasteiger partial charge on any atom is -0.480 e. The molecule has 0 spiro atoms. The van der Waals surface area contributed by atoms with Crippen LogP contribution < -0.4 is 5.32 Å². The van der Waals surface area contributed by atoms with Gasteiger partial charge in [0.15, 0.2) is 0 Å². The maximum atomic E-state index is 12.3. The summed E-state index contributed by atoms with van der Waals surface area (Å²) in [6.45, 7) is 1.52. The smallest absolute Gasteiger partial charge is 0.391 e. The van der Waals surface area contributed by atoms with Gasteiger partial charge in [0.05, 0.1) is 11.3 Å². The number of alkyl halides is 3. The number of rotatable bonds is 5. The largest absolute Gasteiger partial charge is 0.480 e. The van der Waals surface area contributed by atoms with Crippen LogP contribution in [0.25, 0.3) is 0 Å². The van der Waals surface area contributed by atoms with Crippen LogP contribution in [0.4, 0.5) is 18.9 Å². The number of carboxylic acids is 1. The Hall–Kier alpha value is -2.65. The monoisotopic (exact) mass is 320 g/mol. The summed E-state index contributed by atoms with van der Waals surface area (Å²) >= 11 is 0. The highest BCUT2D eigenvalue weighted by Crippen LogP contribution is 2.23. The van der Waals surface area contributed by atoms with Gasteiger partial charge < -0.3 is 10.4 Å². The highest BCUT2D eigenvalue weighted by Gasteiger charge is 2.37. The molecule has 1 aromatic rings. The molecule has 120 valence electrons. The number of halogens is 3. The van der Waals surface area contributed by atoms with Gasteiger partial charge in [0.25, 0.3) is 11.6 Å². The van der Waals surface area contributed by atoms with Crippen molar-refractivity contribution < 1.29 is 32.8 Å². The fourth-order valence-electron chi connectivity index (χ4n) is 1.66. The number of carbonyl (C=O) groups is 2. The highest BCUT2D eigenvalue weighted by atomic mass is 19.4. The molecule has 0 saturated carbocycles.